The fourth-order valence-electron chi connectivity index (χ4n) is 2.41. The molecule has 8 heteroatoms. The minimum Gasteiger partial charge on any atom is -0.497 e. The van der Waals surface area contributed by atoms with Crippen LogP contribution >= 0.6 is 0 Å². The van der Waals surface area contributed by atoms with Crippen LogP contribution in [0, 0.1) is 5.92 Å². The number of ether oxygens (including phenoxy) is 2. The number of carbonyl (C=O) groups is 2. The van der Waals surface area contributed by atoms with Crippen molar-refractivity contribution in [3.8, 4) is 5.75 Å². The average Bonchev–Trinajstić information content (AvgIpc) is 2.68. The molecule has 0 bridgehead atoms. The molecule has 0 saturated carbocycles. The van der Waals surface area contributed by atoms with Gasteiger partial charge < -0.3 is 9.47 Å². The fraction of sp³-hybridized carbons (Fsp3) is 0.250. The first-order valence-corrected chi connectivity index (χ1v) is 8.33. The van der Waals surface area contributed by atoms with E-state index >= 15 is 0 Å². The van der Waals surface area contributed by atoms with E-state index in [2.05, 4.69) is 4.99 Å². The monoisotopic (exact) mass is 393 g/mol. The summed E-state index contributed by atoms with van der Waals surface area (Å²) in [7, 11) is 1.49. The van der Waals surface area contributed by atoms with Gasteiger partial charge >= 0.3 is 12.1 Å². The highest BCUT2D eigenvalue weighted by Crippen LogP contribution is 2.33. The first-order valence-electron chi connectivity index (χ1n) is 8.33. The lowest BCUT2D eigenvalue weighted by Crippen LogP contribution is -2.29. The third kappa shape index (κ3) is 5.18. The minimum atomic E-state index is -4.74. The molecule has 0 aliphatic rings. The van der Waals surface area contributed by atoms with Gasteiger partial charge in [0.15, 0.2) is 11.7 Å². The molecule has 2 aromatic carbocycles. The van der Waals surface area contributed by atoms with Crippen molar-refractivity contribution < 1.29 is 32.2 Å². The van der Waals surface area contributed by atoms with Crippen molar-refractivity contribution in [2.24, 2.45) is 10.9 Å². The Balaban J connectivity index is 2.39. The highest BCUT2D eigenvalue weighted by Gasteiger charge is 2.38. The van der Waals surface area contributed by atoms with E-state index in [0.717, 1.165) is 18.3 Å². The van der Waals surface area contributed by atoms with Crippen LogP contribution in [0.25, 0.3) is 0 Å². The minimum absolute atomic E-state index is 0.0279. The SMILES string of the molecule is CCOC(=O)C(C=Nc1ccc(OC)cc1)C(=O)c1ccccc1C(F)(F)F. The van der Waals surface area contributed by atoms with Crippen LogP contribution < -0.4 is 4.74 Å². The molecule has 0 radical (unpaired) electrons. The second kappa shape index (κ2) is 9.16. The van der Waals surface area contributed by atoms with E-state index in [1.165, 1.54) is 26.2 Å². The summed E-state index contributed by atoms with van der Waals surface area (Å²) < 4.78 is 49.6. The van der Waals surface area contributed by atoms with Gasteiger partial charge in [0.25, 0.3) is 0 Å². The number of carbonyl (C=O) groups excluding carboxylic acids is 2. The van der Waals surface area contributed by atoms with E-state index < -0.39 is 35.0 Å². The Morgan fingerprint density at radius 2 is 1.75 bits per heavy atom. The third-order valence-electron chi connectivity index (χ3n) is 3.77. The Hall–Kier alpha value is -3.16. The quantitative estimate of drug-likeness (QED) is 0.301. The summed E-state index contributed by atoms with van der Waals surface area (Å²) in [6, 6.07) is 10.7. The molecule has 1 unspecified atom stereocenters. The summed E-state index contributed by atoms with van der Waals surface area (Å²) in [6.45, 7) is 1.50. The van der Waals surface area contributed by atoms with Gasteiger partial charge in [-0.3, -0.25) is 14.6 Å². The predicted molar refractivity (Wildman–Crippen MR) is 97.0 cm³/mol. The molecule has 2 rings (SSSR count). The number of hydrogen-bond donors (Lipinski definition) is 0. The number of benzene rings is 2. The molecule has 148 valence electrons. The summed E-state index contributed by atoms with van der Waals surface area (Å²) in [5.74, 6) is -3.04. The number of aliphatic imine (C=N–C) groups is 1. The van der Waals surface area contributed by atoms with Gasteiger partial charge in [0.2, 0.25) is 0 Å². The van der Waals surface area contributed by atoms with Crippen molar-refractivity contribution in [2.45, 2.75) is 13.1 Å². The van der Waals surface area contributed by atoms with Gasteiger partial charge in [-0.1, -0.05) is 18.2 Å². The number of esters is 1. The van der Waals surface area contributed by atoms with Crippen LogP contribution in [0.3, 0.4) is 0 Å². The van der Waals surface area contributed by atoms with Crippen LogP contribution in [0.2, 0.25) is 0 Å². The third-order valence-corrected chi connectivity index (χ3v) is 3.77. The molecule has 0 aliphatic heterocycles. The maximum absolute atomic E-state index is 13.2. The summed E-state index contributed by atoms with van der Waals surface area (Å²) in [5, 5.41) is 0. The zero-order chi connectivity index (χ0) is 20.7. The molecule has 0 heterocycles. The molecule has 28 heavy (non-hydrogen) atoms. The molecule has 0 fully saturated rings. The average molecular weight is 393 g/mol. The lowest BCUT2D eigenvalue weighted by Gasteiger charge is -2.15. The number of methoxy groups -OCH3 is 1. The predicted octanol–water partition coefficient (Wildman–Crippen LogP) is 4.48. The molecule has 0 aliphatic carbocycles. The van der Waals surface area contributed by atoms with Crippen LogP contribution in [0.15, 0.2) is 53.5 Å². The van der Waals surface area contributed by atoms with Crippen molar-refractivity contribution in [2.75, 3.05) is 13.7 Å². The zero-order valence-corrected chi connectivity index (χ0v) is 15.2. The van der Waals surface area contributed by atoms with Gasteiger partial charge in [-0.25, -0.2) is 0 Å². The van der Waals surface area contributed by atoms with E-state index in [1.54, 1.807) is 24.3 Å². The standard InChI is InChI=1S/C20H18F3NO4/c1-3-28-19(26)16(12-24-13-8-10-14(27-2)11-9-13)18(25)15-6-4-5-7-17(15)20(21,22)23/h4-12,16H,3H2,1-2H3. The Labute approximate surface area is 159 Å². The van der Waals surface area contributed by atoms with Crippen molar-refractivity contribution in [3.05, 3.63) is 59.7 Å². The normalized spacial score (nSPS) is 12.6. The maximum Gasteiger partial charge on any atom is 0.417 e. The van der Waals surface area contributed by atoms with Gasteiger partial charge in [0.1, 0.15) is 5.75 Å². The fourth-order valence-corrected chi connectivity index (χ4v) is 2.41. The summed E-state index contributed by atoms with van der Waals surface area (Å²) >= 11 is 0. The smallest absolute Gasteiger partial charge is 0.417 e. The van der Waals surface area contributed by atoms with Crippen LogP contribution in [0.1, 0.15) is 22.8 Å². The summed E-state index contributed by atoms with van der Waals surface area (Å²) in [6.07, 6.45) is -3.74. The molecule has 0 N–H and O–H groups in total. The topological polar surface area (TPSA) is 65.0 Å². The molecule has 1 atom stereocenters. The molecule has 0 aromatic heterocycles. The van der Waals surface area contributed by atoms with E-state index in [4.69, 9.17) is 9.47 Å². The second-order valence-electron chi connectivity index (χ2n) is 5.61. The lowest BCUT2D eigenvalue weighted by molar-refractivity contribution is -0.144. The molecule has 0 saturated heterocycles. The number of Topliss-reactive ketones (excluding diaryl/α,β-unsaturated/α-hetero) is 1. The highest BCUT2D eigenvalue weighted by molar-refractivity contribution is 6.19. The van der Waals surface area contributed by atoms with Crippen LogP contribution in [-0.4, -0.2) is 31.7 Å². The van der Waals surface area contributed by atoms with Crippen molar-refractivity contribution >= 4 is 23.7 Å². The number of nitrogens with zero attached hydrogens (tertiary/aromatic N) is 1. The Morgan fingerprint density at radius 1 is 1.11 bits per heavy atom. The molecular weight excluding hydrogens is 375 g/mol. The van der Waals surface area contributed by atoms with Crippen LogP contribution in [0.5, 0.6) is 5.75 Å². The molecular formula is C20H18F3NO4. The highest BCUT2D eigenvalue weighted by atomic mass is 19.4. The Kier molecular flexibility index (Phi) is 6.92. The molecule has 5 nitrogen and oxygen atoms in total. The largest absolute Gasteiger partial charge is 0.497 e. The first-order chi connectivity index (χ1) is 13.3. The molecule has 2 aromatic rings. The van der Waals surface area contributed by atoms with Crippen molar-refractivity contribution in [3.63, 3.8) is 0 Å². The van der Waals surface area contributed by atoms with Gasteiger partial charge in [-0.15, -0.1) is 0 Å². The van der Waals surface area contributed by atoms with Crippen molar-refractivity contribution in [1.82, 2.24) is 0 Å². The van der Waals surface area contributed by atoms with Crippen LogP contribution in [0.4, 0.5) is 18.9 Å². The van der Waals surface area contributed by atoms with E-state index in [0.29, 0.717) is 11.4 Å². The number of hydrogen-bond acceptors (Lipinski definition) is 5. The van der Waals surface area contributed by atoms with Gasteiger partial charge in [0.05, 0.1) is 25.0 Å². The van der Waals surface area contributed by atoms with Crippen LogP contribution in [-0.2, 0) is 15.7 Å². The number of alkyl halides is 3. The lowest BCUT2D eigenvalue weighted by atomic mass is 9.94. The number of halogens is 3. The Morgan fingerprint density at radius 3 is 2.32 bits per heavy atom. The number of rotatable bonds is 7. The van der Waals surface area contributed by atoms with E-state index in [-0.39, 0.29) is 6.61 Å². The first kappa shape index (κ1) is 21.1. The van der Waals surface area contributed by atoms with Gasteiger partial charge in [0, 0.05) is 11.8 Å². The van der Waals surface area contributed by atoms with Crippen molar-refractivity contribution in [1.29, 1.82) is 0 Å². The van der Waals surface area contributed by atoms with Gasteiger partial charge in [-0.2, -0.15) is 13.2 Å². The second-order valence-corrected chi connectivity index (χ2v) is 5.61. The number of ketones is 1. The molecule has 0 spiro atoms. The Bertz CT molecular complexity index is 860. The zero-order valence-electron chi connectivity index (χ0n) is 15.2. The summed E-state index contributed by atoms with van der Waals surface area (Å²) in [5.41, 5.74) is -1.34. The molecule has 0 amide bonds. The van der Waals surface area contributed by atoms with E-state index in [9.17, 15) is 22.8 Å². The summed E-state index contributed by atoms with van der Waals surface area (Å²) in [4.78, 5) is 29.0. The van der Waals surface area contributed by atoms with Gasteiger partial charge in [-0.05, 0) is 37.3 Å². The van der Waals surface area contributed by atoms with E-state index in [1.807, 2.05) is 0 Å². The maximum atomic E-state index is 13.2.